The summed E-state index contributed by atoms with van der Waals surface area (Å²) in [5, 5.41) is 9.00. The van der Waals surface area contributed by atoms with Crippen LogP contribution in [0.15, 0.2) is 0 Å². The minimum absolute atomic E-state index is 0. The Kier molecular flexibility index (Phi) is 17.0. The molecule has 0 aliphatic carbocycles. The molecule has 0 saturated carbocycles. The normalized spacial score (nSPS) is 13.7. The summed E-state index contributed by atoms with van der Waals surface area (Å²) in [6.07, 6.45) is -0.166. The molecule has 2 atom stereocenters. The van der Waals surface area contributed by atoms with Gasteiger partial charge in [0.05, 0.1) is 6.61 Å². The molecule has 12 nitrogen and oxygen atoms in total. The minimum Gasteiger partial charge on any atom is 0 e. The Bertz CT molecular complexity index is 531. The number of halogens is 1. The van der Waals surface area contributed by atoms with E-state index in [4.69, 9.17) is 28.5 Å². The Hall–Kier alpha value is 0.275. The van der Waals surface area contributed by atoms with E-state index in [9.17, 15) is 18.7 Å². The van der Waals surface area contributed by atoms with Gasteiger partial charge in [0.15, 0.2) is 0 Å². The SMILES string of the molecule is C.CC(=O)[C@@H](C)COP(=O)(O)O.C[C@H](CB(O)OP(=O)(O)O)C(=O)[I-]N.[2HH]. The number of ketones is 1. The second-order valence-corrected chi connectivity index (χ2v) is 9.02. The zero-order valence-corrected chi connectivity index (χ0v) is 17.6. The van der Waals surface area contributed by atoms with Gasteiger partial charge in [-0.3, -0.25) is 9.32 Å². The molecule has 0 fully saturated rings. The molecule has 0 spiro atoms. The molecule has 7 N–H and O–H groups in total. The first-order chi connectivity index (χ1) is 11.1. The molecular weight excluding hydrogens is 510 g/mol. The average molecular weight is 539 g/mol. The first-order valence-corrected chi connectivity index (χ1v) is 12.0. The summed E-state index contributed by atoms with van der Waals surface area (Å²) in [6.45, 7) is 4.16. The Morgan fingerprint density at radius 1 is 1.15 bits per heavy atom. The quantitative estimate of drug-likeness (QED) is 0.0536. The third-order valence-electron chi connectivity index (χ3n) is 2.50. The van der Waals surface area contributed by atoms with E-state index in [-0.39, 0.29) is 31.4 Å². The van der Waals surface area contributed by atoms with Crippen molar-refractivity contribution in [3.05, 3.63) is 0 Å². The number of nitrogens with two attached hydrogens (primary N) is 1. The second kappa shape index (κ2) is 14.3. The van der Waals surface area contributed by atoms with Crippen molar-refractivity contribution < 1.29 is 75.2 Å². The predicted octanol–water partition coefficient (Wildman–Crippen LogP) is -3.10. The second-order valence-electron chi connectivity index (χ2n) is 4.90. The van der Waals surface area contributed by atoms with E-state index in [1.165, 1.54) is 20.8 Å². The molecule has 160 valence electrons. The van der Waals surface area contributed by atoms with Crippen LogP contribution in [0.4, 0.5) is 0 Å². The topological polar surface area (TPSA) is 214 Å². The van der Waals surface area contributed by atoms with Gasteiger partial charge in [0.2, 0.25) is 0 Å². The molecule has 0 aliphatic heterocycles. The molecule has 0 aromatic rings. The molecule has 0 radical (unpaired) electrons. The maximum atomic E-state index is 11.0. The van der Waals surface area contributed by atoms with Gasteiger partial charge < -0.3 is 9.79 Å². The van der Waals surface area contributed by atoms with E-state index in [0.717, 1.165) is 0 Å². The minimum atomic E-state index is -4.70. The van der Waals surface area contributed by atoms with Crippen LogP contribution in [0.2, 0.25) is 6.32 Å². The molecule has 0 heterocycles. The standard InChI is InChI=1S/C5H11O5P.C4H11BINO6P.CH4.H2/c1-4(5(2)6)3-10-11(7,8)9;1-3(4(8)6-7)2-5(9)13-14(10,11)12;;/h4H,3H2,1-2H3,(H2,7,8,9);3,9H,2,7H2,1H3,(H2,10,11,12);1H4;1H/q;-1;;/t4-;3-;;/m01../s1/i;;;1+1. The summed E-state index contributed by atoms with van der Waals surface area (Å²) in [5.41, 5.74) is 0. The molecule has 0 bridgehead atoms. The van der Waals surface area contributed by atoms with Crippen molar-refractivity contribution in [2.75, 3.05) is 6.61 Å². The monoisotopic (exact) mass is 539 g/mol. The molecule has 0 rings (SSSR count). The summed E-state index contributed by atoms with van der Waals surface area (Å²) >= 11 is -1.06. The molecule has 0 aliphatic rings. The fourth-order valence-corrected chi connectivity index (χ4v) is 2.72. The van der Waals surface area contributed by atoms with Crippen LogP contribution in [0.25, 0.3) is 0 Å². The molecule has 0 aromatic carbocycles. The van der Waals surface area contributed by atoms with Gasteiger partial charge >= 0.3 is 99.8 Å². The summed E-state index contributed by atoms with van der Waals surface area (Å²) < 4.78 is 33.4. The van der Waals surface area contributed by atoms with Crippen LogP contribution in [0.3, 0.4) is 0 Å². The number of rotatable bonds is 10. The van der Waals surface area contributed by atoms with Gasteiger partial charge in [-0.05, 0) is 6.92 Å². The van der Waals surface area contributed by atoms with E-state index in [0.29, 0.717) is 0 Å². The van der Waals surface area contributed by atoms with Gasteiger partial charge in [0.25, 0.3) is 0 Å². The zero-order valence-electron chi connectivity index (χ0n) is 13.7. The van der Waals surface area contributed by atoms with Crippen LogP contribution in [0.1, 0.15) is 29.6 Å². The molecule has 16 heteroatoms. The molecule has 0 saturated heterocycles. The number of phosphoric acid groups is 2. The molecular formula is C10H28BINO11P2-. The van der Waals surface area contributed by atoms with Crippen LogP contribution in [0.5, 0.6) is 0 Å². The number of hydrogen-bond acceptors (Lipinski definition) is 8. The molecule has 0 aromatic heterocycles. The number of carbonyl (C=O) groups is 2. The Morgan fingerprint density at radius 3 is 1.92 bits per heavy atom. The maximum absolute atomic E-state index is 11.0. The van der Waals surface area contributed by atoms with Crippen LogP contribution in [0, 0.1) is 11.8 Å². The maximum Gasteiger partial charge on any atom is 0 e. The van der Waals surface area contributed by atoms with Gasteiger partial charge in [-0.25, -0.2) is 4.57 Å². The molecule has 26 heavy (non-hydrogen) atoms. The largest absolute Gasteiger partial charge is 0 e. The first kappa shape index (κ1) is 31.0. The van der Waals surface area contributed by atoms with Gasteiger partial charge in [0.1, 0.15) is 5.78 Å². The Morgan fingerprint density at radius 2 is 1.62 bits per heavy atom. The molecule has 0 unspecified atom stereocenters. The summed E-state index contributed by atoms with van der Waals surface area (Å²) in [6, 6.07) is 0. The fraction of sp³-hybridized carbons (Fsp3) is 0.800. The van der Waals surface area contributed by atoms with Crippen molar-refractivity contribution in [3.8, 4) is 0 Å². The van der Waals surface area contributed by atoms with Crippen molar-refractivity contribution in [1.29, 1.82) is 0 Å². The number of Topliss-reactive ketones (excluding diaryl/α,β-unsaturated/α-hetero) is 1. The number of phosphoric ester groups is 1. The Labute approximate surface area is 164 Å². The number of carbonyl (C=O) groups excluding carboxylic acids is 2. The van der Waals surface area contributed by atoms with Crippen molar-refractivity contribution in [1.82, 2.24) is 0 Å². The van der Waals surface area contributed by atoms with Crippen molar-refractivity contribution in [3.63, 3.8) is 0 Å². The average Bonchev–Trinajstić information content (AvgIpc) is 2.41. The first-order valence-electron chi connectivity index (χ1n) is 6.59. The smallest absolute Gasteiger partial charge is 0 e. The van der Waals surface area contributed by atoms with E-state index in [1.54, 1.807) is 0 Å². The van der Waals surface area contributed by atoms with Crippen LogP contribution >= 0.6 is 15.6 Å². The van der Waals surface area contributed by atoms with Crippen molar-refractivity contribution in [2.24, 2.45) is 15.8 Å². The van der Waals surface area contributed by atoms with Crippen molar-refractivity contribution >= 4 is 32.3 Å². The predicted molar refractivity (Wildman–Crippen MR) is 91.0 cm³/mol. The van der Waals surface area contributed by atoms with Crippen LogP contribution in [-0.2, 0) is 27.7 Å². The van der Waals surface area contributed by atoms with E-state index < -0.39 is 56.1 Å². The van der Waals surface area contributed by atoms with E-state index in [1.807, 2.05) is 0 Å². The summed E-state index contributed by atoms with van der Waals surface area (Å²) in [4.78, 5) is 54.6. The third-order valence-corrected chi connectivity index (χ3v) is 5.18. The van der Waals surface area contributed by atoms with Crippen LogP contribution in [-0.4, -0.2) is 47.9 Å². The van der Waals surface area contributed by atoms with Gasteiger partial charge in [-0.1, -0.05) is 14.4 Å². The van der Waals surface area contributed by atoms with Gasteiger partial charge in [-0.15, -0.1) is 0 Å². The Balaban J connectivity index is -0.000000187. The van der Waals surface area contributed by atoms with Gasteiger partial charge in [-0.2, -0.15) is 0 Å². The summed E-state index contributed by atoms with van der Waals surface area (Å²) in [7, 11) is -10.8. The third kappa shape index (κ3) is 20.6. The van der Waals surface area contributed by atoms with E-state index in [2.05, 4.69) is 8.96 Å². The van der Waals surface area contributed by atoms with Crippen molar-refractivity contribution in [2.45, 2.75) is 34.5 Å². The zero-order chi connectivity index (χ0) is 20.4. The van der Waals surface area contributed by atoms with Gasteiger partial charge in [0, 0.05) is 7.34 Å². The number of hydrogen-bond donors (Lipinski definition) is 6. The summed E-state index contributed by atoms with van der Waals surface area (Å²) in [5.74, 6) is -1.17. The molecule has 0 amide bonds. The fourth-order valence-electron chi connectivity index (χ4n) is 1.03. The van der Waals surface area contributed by atoms with Crippen LogP contribution < -0.4 is 25.4 Å². The van der Waals surface area contributed by atoms with E-state index >= 15 is 0 Å².